The van der Waals surface area contributed by atoms with Gasteiger partial charge in [0.15, 0.2) is 0 Å². The SMILES string of the molecule is NCC1(CC(=O)Nc2ccc(Br)cc2[N+](=O)[O-])CCC1. The van der Waals surface area contributed by atoms with Crippen LogP contribution in [-0.2, 0) is 4.79 Å². The highest BCUT2D eigenvalue weighted by molar-refractivity contribution is 9.10. The maximum atomic E-state index is 12.0. The van der Waals surface area contributed by atoms with Crippen molar-refractivity contribution >= 4 is 33.2 Å². The highest BCUT2D eigenvalue weighted by atomic mass is 79.9. The molecule has 1 aromatic rings. The van der Waals surface area contributed by atoms with E-state index in [1.165, 1.54) is 12.1 Å². The zero-order valence-electron chi connectivity index (χ0n) is 10.9. The molecule has 1 aromatic carbocycles. The van der Waals surface area contributed by atoms with Crippen LogP contribution in [0.2, 0.25) is 0 Å². The Morgan fingerprint density at radius 1 is 1.50 bits per heavy atom. The Kier molecular flexibility index (Phi) is 4.39. The van der Waals surface area contributed by atoms with Gasteiger partial charge < -0.3 is 11.1 Å². The summed E-state index contributed by atoms with van der Waals surface area (Å²) < 4.78 is 0.597. The quantitative estimate of drug-likeness (QED) is 0.635. The Morgan fingerprint density at radius 3 is 2.70 bits per heavy atom. The molecule has 0 saturated heterocycles. The van der Waals surface area contributed by atoms with Gasteiger partial charge in [0.05, 0.1) is 4.92 Å². The van der Waals surface area contributed by atoms with Gasteiger partial charge in [-0.25, -0.2) is 0 Å². The molecule has 0 spiro atoms. The number of halogens is 1. The number of hydrogen-bond acceptors (Lipinski definition) is 4. The van der Waals surface area contributed by atoms with E-state index < -0.39 is 4.92 Å². The average Bonchev–Trinajstić information content (AvgIpc) is 2.36. The second-order valence-electron chi connectivity index (χ2n) is 5.20. The predicted octanol–water partition coefficient (Wildman–Crippen LogP) is 2.81. The third-order valence-corrected chi connectivity index (χ3v) is 4.31. The molecule has 3 N–H and O–H groups in total. The van der Waals surface area contributed by atoms with Crippen LogP contribution < -0.4 is 11.1 Å². The van der Waals surface area contributed by atoms with E-state index in [0.717, 1.165) is 19.3 Å². The number of hydrogen-bond donors (Lipinski definition) is 2. The minimum absolute atomic E-state index is 0.117. The molecule has 1 aliphatic carbocycles. The Morgan fingerprint density at radius 2 is 2.20 bits per heavy atom. The largest absolute Gasteiger partial charge is 0.330 e. The maximum Gasteiger partial charge on any atom is 0.293 e. The molecule has 1 amide bonds. The van der Waals surface area contributed by atoms with E-state index in [-0.39, 0.29) is 22.7 Å². The fourth-order valence-electron chi connectivity index (χ4n) is 2.43. The van der Waals surface area contributed by atoms with Crippen LogP contribution in [0.25, 0.3) is 0 Å². The normalized spacial score (nSPS) is 16.3. The first-order valence-corrected chi connectivity index (χ1v) is 7.19. The molecule has 6 nitrogen and oxygen atoms in total. The first kappa shape index (κ1) is 14.9. The second kappa shape index (κ2) is 5.88. The van der Waals surface area contributed by atoms with Crippen LogP contribution in [0.1, 0.15) is 25.7 Å². The predicted molar refractivity (Wildman–Crippen MR) is 79.4 cm³/mol. The van der Waals surface area contributed by atoms with Gasteiger partial charge in [-0.2, -0.15) is 0 Å². The van der Waals surface area contributed by atoms with Crippen LogP contribution in [-0.4, -0.2) is 17.4 Å². The second-order valence-corrected chi connectivity index (χ2v) is 6.12. The van der Waals surface area contributed by atoms with E-state index in [0.29, 0.717) is 17.4 Å². The Hall–Kier alpha value is -1.47. The molecule has 0 unspecified atom stereocenters. The first-order valence-electron chi connectivity index (χ1n) is 6.40. The standard InChI is InChI=1S/C13H16BrN3O3/c14-9-2-3-10(11(6-9)17(19)20)16-12(18)7-13(8-15)4-1-5-13/h2-3,6H,1,4-5,7-8,15H2,(H,16,18). The Bertz CT molecular complexity index is 538. The van der Waals surface area contributed by atoms with E-state index in [4.69, 9.17) is 5.73 Å². The Labute approximate surface area is 125 Å². The molecule has 7 heteroatoms. The third kappa shape index (κ3) is 3.16. The van der Waals surface area contributed by atoms with Crippen molar-refractivity contribution in [3.63, 3.8) is 0 Å². The summed E-state index contributed by atoms with van der Waals surface area (Å²) >= 11 is 3.18. The topological polar surface area (TPSA) is 98.3 Å². The lowest BCUT2D eigenvalue weighted by Gasteiger charge is -2.40. The van der Waals surface area contributed by atoms with Gasteiger partial charge >= 0.3 is 0 Å². The number of nitrogens with two attached hydrogens (primary N) is 1. The van der Waals surface area contributed by atoms with Crippen LogP contribution in [0.5, 0.6) is 0 Å². The van der Waals surface area contributed by atoms with Crippen LogP contribution >= 0.6 is 15.9 Å². The summed E-state index contributed by atoms with van der Waals surface area (Å²) in [6.45, 7) is 0.475. The van der Waals surface area contributed by atoms with Crippen LogP contribution in [0, 0.1) is 15.5 Å². The molecular formula is C13H16BrN3O3. The molecule has 20 heavy (non-hydrogen) atoms. The first-order chi connectivity index (χ1) is 9.46. The summed E-state index contributed by atoms with van der Waals surface area (Å²) in [6.07, 6.45) is 3.29. The van der Waals surface area contributed by atoms with E-state index >= 15 is 0 Å². The van der Waals surface area contributed by atoms with Gasteiger partial charge in [0.1, 0.15) is 5.69 Å². The molecular weight excluding hydrogens is 326 g/mol. The van der Waals surface area contributed by atoms with E-state index in [1.54, 1.807) is 6.07 Å². The molecule has 2 rings (SSSR count). The fourth-order valence-corrected chi connectivity index (χ4v) is 2.78. The number of nitrogens with one attached hydrogen (secondary N) is 1. The minimum Gasteiger partial charge on any atom is -0.330 e. The van der Waals surface area contributed by atoms with Crippen molar-refractivity contribution in [1.29, 1.82) is 0 Å². The Balaban J connectivity index is 2.10. The summed E-state index contributed by atoms with van der Waals surface area (Å²) in [7, 11) is 0. The van der Waals surface area contributed by atoms with E-state index in [1.807, 2.05) is 0 Å². The molecule has 1 fully saturated rings. The minimum atomic E-state index is -0.511. The number of carbonyl (C=O) groups is 1. The number of rotatable bonds is 5. The molecule has 0 atom stereocenters. The fraction of sp³-hybridized carbons (Fsp3) is 0.462. The lowest BCUT2D eigenvalue weighted by atomic mass is 9.66. The van der Waals surface area contributed by atoms with Crippen molar-refractivity contribution in [1.82, 2.24) is 0 Å². The molecule has 1 aliphatic rings. The number of nitro groups is 1. The lowest BCUT2D eigenvalue weighted by molar-refractivity contribution is -0.384. The van der Waals surface area contributed by atoms with Crippen LogP contribution in [0.15, 0.2) is 22.7 Å². The number of carbonyl (C=O) groups excluding carboxylic acids is 1. The molecule has 0 bridgehead atoms. The summed E-state index contributed by atoms with van der Waals surface area (Å²) in [5.74, 6) is -0.222. The molecule has 0 radical (unpaired) electrons. The van der Waals surface area contributed by atoms with Crippen molar-refractivity contribution in [2.45, 2.75) is 25.7 Å². The van der Waals surface area contributed by atoms with Crippen molar-refractivity contribution in [2.24, 2.45) is 11.1 Å². The van der Waals surface area contributed by atoms with Crippen LogP contribution in [0.3, 0.4) is 0 Å². The average molecular weight is 342 g/mol. The van der Waals surface area contributed by atoms with Crippen molar-refractivity contribution in [3.8, 4) is 0 Å². The smallest absolute Gasteiger partial charge is 0.293 e. The number of nitrogens with zero attached hydrogens (tertiary/aromatic N) is 1. The van der Waals surface area contributed by atoms with Gasteiger partial charge in [-0.15, -0.1) is 0 Å². The van der Waals surface area contributed by atoms with Crippen molar-refractivity contribution in [2.75, 3.05) is 11.9 Å². The molecule has 1 saturated carbocycles. The van der Waals surface area contributed by atoms with Gasteiger partial charge in [0.25, 0.3) is 5.69 Å². The van der Waals surface area contributed by atoms with Gasteiger partial charge in [0.2, 0.25) is 5.91 Å². The zero-order chi connectivity index (χ0) is 14.8. The summed E-state index contributed by atoms with van der Waals surface area (Å²) in [6, 6.07) is 4.55. The number of anilines is 1. The number of nitro benzene ring substituents is 1. The van der Waals surface area contributed by atoms with Crippen LogP contribution in [0.4, 0.5) is 11.4 Å². The van der Waals surface area contributed by atoms with Crippen molar-refractivity contribution < 1.29 is 9.72 Å². The zero-order valence-corrected chi connectivity index (χ0v) is 12.5. The van der Waals surface area contributed by atoms with Crippen molar-refractivity contribution in [3.05, 3.63) is 32.8 Å². The summed E-state index contributed by atoms with van der Waals surface area (Å²) in [5, 5.41) is 13.6. The van der Waals surface area contributed by atoms with E-state index in [2.05, 4.69) is 21.2 Å². The van der Waals surface area contributed by atoms with E-state index in [9.17, 15) is 14.9 Å². The lowest BCUT2D eigenvalue weighted by Crippen LogP contribution is -2.40. The molecule has 108 valence electrons. The summed E-state index contributed by atoms with van der Waals surface area (Å²) in [5.41, 5.74) is 5.69. The highest BCUT2D eigenvalue weighted by Crippen LogP contribution is 2.43. The monoisotopic (exact) mass is 341 g/mol. The van der Waals surface area contributed by atoms with Gasteiger partial charge in [-0.1, -0.05) is 22.4 Å². The van der Waals surface area contributed by atoms with Gasteiger partial charge in [-0.05, 0) is 36.9 Å². The molecule has 0 aliphatic heterocycles. The van der Waals surface area contributed by atoms with Gasteiger partial charge in [0, 0.05) is 17.0 Å². The van der Waals surface area contributed by atoms with Gasteiger partial charge in [-0.3, -0.25) is 14.9 Å². The number of amides is 1. The maximum absolute atomic E-state index is 12.0. The third-order valence-electron chi connectivity index (χ3n) is 3.81. The highest BCUT2D eigenvalue weighted by Gasteiger charge is 2.37. The molecule has 0 heterocycles. The molecule has 0 aromatic heterocycles. The number of benzene rings is 1. The summed E-state index contributed by atoms with van der Waals surface area (Å²) in [4.78, 5) is 22.5.